The van der Waals surface area contributed by atoms with Crippen molar-refractivity contribution in [2.24, 2.45) is 5.41 Å². The van der Waals surface area contributed by atoms with Gasteiger partial charge in [0, 0.05) is 0 Å². The van der Waals surface area contributed by atoms with Crippen LogP contribution in [0.1, 0.15) is 215 Å². The number of rotatable bonds is 39. The topological polar surface area (TPSA) is 68.3 Å². The van der Waals surface area contributed by atoms with Crippen molar-refractivity contribution in [3.63, 3.8) is 0 Å². The molecule has 0 rings (SSSR count). The molecule has 0 aromatic heterocycles. The van der Waals surface area contributed by atoms with Crippen molar-refractivity contribution in [1.82, 2.24) is 9.34 Å². The summed E-state index contributed by atoms with van der Waals surface area (Å²) in [6, 6.07) is -2.23. The van der Waals surface area contributed by atoms with Crippen LogP contribution in [-0.2, 0) is 23.6 Å². The van der Waals surface area contributed by atoms with Gasteiger partial charge in [0.25, 0.3) is 0 Å². The van der Waals surface area contributed by atoms with Crippen LogP contribution < -0.4 is 0 Å². The third-order valence-corrected chi connectivity index (χ3v) is 17.1. The first-order chi connectivity index (χ1) is 25.2. The molecule has 7 nitrogen and oxygen atoms in total. The molecule has 0 aromatic rings. The maximum absolute atomic E-state index is 13.0. The summed E-state index contributed by atoms with van der Waals surface area (Å²) in [7, 11) is 0. The Labute approximate surface area is 331 Å². The fraction of sp³-hybridized carbons (Fsp3) is 0.953. The second kappa shape index (κ2) is 35.2. The third-order valence-electron chi connectivity index (χ3n) is 10.5. The van der Waals surface area contributed by atoms with Gasteiger partial charge >= 0.3 is 229 Å². The Bertz CT molecular complexity index is 826. The predicted octanol–water partition coefficient (Wildman–Crippen LogP) is 12.8. The molecule has 0 heterocycles. The summed E-state index contributed by atoms with van der Waals surface area (Å²) < 4.78 is 23.8. The average Bonchev–Trinajstić information content (AvgIpc) is 3.14. The normalized spacial score (nSPS) is 12.2. The maximum atomic E-state index is 13.0. The van der Waals surface area contributed by atoms with E-state index in [0.29, 0.717) is 19.4 Å². The molecular formula is C43H87N2O5PSe. The number of nitrogens with zero attached hydrogens (tertiary/aromatic N) is 2. The number of ether oxygens (including phenoxy) is 2. The first kappa shape index (κ1) is 51.8. The van der Waals surface area contributed by atoms with Gasteiger partial charge in [-0.3, -0.25) is 0 Å². The summed E-state index contributed by atoms with van der Waals surface area (Å²) in [4.78, 5) is 26.1. The van der Waals surface area contributed by atoms with Gasteiger partial charge in [-0.2, -0.15) is 0 Å². The van der Waals surface area contributed by atoms with Gasteiger partial charge in [-0.25, -0.2) is 0 Å². The Hall–Kier alpha value is -0.231. The zero-order chi connectivity index (χ0) is 38.8. The van der Waals surface area contributed by atoms with Gasteiger partial charge in [0.15, 0.2) is 0 Å². The Kier molecular flexibility index (Phi) is 35.0. The zero-order valence-corrected chi connectivity index (χ0v) is 38.2. The molecular weight excluding hydrogens is 734 g/mol. The van der Waals surface area contributed by atoms with Crippen molar-refractivity contribution in [3.8, 4) is 0 Å². The van der Waals surface area contributed by atoms with E-state index in [2.05, 4.69) is 72.9 Å². The van der Waals surface area contributed by atoms with Gasteiger partial charge in [-0.05, 0) is 0 Å². The summed E-state index contributed by atoms with van der Waals surface area (Å²) in [5, 5.41) is 0. The SMILES string of the molecule is CCCCCCCCCCCCCC(=O)OCC(CCC)(COC(=O)CCCCCCCCCCCCC)COP(=[Se])(N(CC)CC)N(CC)CC. The summed E-state index contributed by atoms with van der Waals surface area (Å²) in [6.45, 7) is 19.6. The molecule has 0 aromatic carbocycles. The van der Waals surface area contributed by atoms with E-state index in [0.717, 1.165) is 64.7 Å². The van der Waals surface area contributed by atoms with Crippen LogP contribution in [0.5, 0.6) is 0 Å². The van der Waals surface area contributed by atoms with Crippen molar-refractivity contribution in [1.29, 1.82) is 0 Å². The summed E-state index contributed by atoms with van der Waals surface area (Å²) in [5.74, 6) is -0.305. The van der Waals surface area contributed by atoms with E-state index >= 15 is 0 Å². The van der Waals surface area contributed by atoms with Crippen LogP contribution in [0.15, 0.2) is 0 Å². The molecule has 9 heteroatoms. The third kappa shape index (κ3) is 25.0. The predicted molar refractivity (Wildman–Crippen MR) is 226 cm³/mol. The summed E-state index contributed by atoms with van der Waals surface area (Å²) in [5.41, 5.74) is -0.594. The second-order valence-corrected chi connectivity index (χ2v) is 20.5. The van der Waals surface area contributed by atoms with Crippen LogP contribution in [0.4, 0.5) is 0 Å². The Balaban J connectivity index is 5.21. The van der Waals surface area contributed by atoms with Gasteiger partial charge in [0.1, 0.15) is 0 Å². The Morgan fingerprint density at radius 2 is 0.769 bits per heavy atom. The minimum absolute atomic E-state index is 0.153. The minimum atomic E-state index is -2.23. The number of hydrogen-bond donors (Lipinski definition) is 0. The van der Waals surface area contributed by atoms with Gasteiger partial charge in [0.2, 0.25) is 0 Å². The first-order valence-corrected chi connectivity index (χ1v) is 26.1. The molecule has 310 valence electrons. The molecule has 0 atom stereocenters. The van der Waals surface area contributed by atoms with Crippen molar-refractivity contribution in [3.05, 3.63) is 0 Å². The molecule has 0 unspecified atom stereocenters. The molecule has 0 aliphatic rings. The Morgan fingerprint density at radius 1 is 0.462 bits per heavy atom. The van der Waals surface area contributed by atoms with E-state index in [4.69, 9.17) is 14.0 Å². The molecule has 0 aliphatic heterocycles. The number of carbonyl (C=O) groups excluding carboxylic acids is 2. The van der Waals surface area contributed by atoms with Crippen molar-refractivity contribution >= 4 is 33.1 Å². The molecule has 0 N–H and O–H groups in total. The van der Waals surface area contributed by atoms with Gasteiger partial charge in [-0.1, -0.05) is 104 Å². The number of hydrogen-bond acceptors (Lipinski definition) is 7. The van der Waals surface area contributed by atoms with Crippen LogP contribution in [0.25, 0.3) is 0 Å². The van der Waals surface area contributed by atoms with Gasteiger partial charge < -0.3 is 0 Å². The van der Waals surface area contributed by atoms with E-state index in [1.165, 1.54) is 116 Å². The molecule has 0 saturated carbocycles. The first-order valence-electron chi connectivity index (χ1n) is 22.3. The molecule has 0 bridgehead atoms. The molecule has 52 heavy (non-hydrogen) atoms. The Morgan fingerprint density at radius 3 is 1.06 bits per heavy atom. The van der Waals surface area contributed by atoms with Crippen LogP contribution in [0, 0.1) is 5.41 Å². The van der Waals surface area contributed by atoms with Crippen molar-refractivity contribution < 1.29 is 23.6 Å². The van der Waals surface area contributed by atoms with Crippen molar-refractivity contribution in [2.45, 2.75) is 215 Å². The van der Waals surface area contributed by atoms with Crippen LogP contribution >= 0.6 is 6.04 Å². The molecule has 0 fully saturated rings. The van der Waals surface area contributed by atoms with E-state index < -0.39 is 11.5 Å². The standard InChI is InChI=1S/C43H87N2O5PSe/c1-8-15-17-19-21-23-25-27-29-31-33-35-41(46)48-38-43(37-10-3,40-50-51(52,44(11-4)12-5)45(13-6)14-7)39-49-42(47)36-34-32-30-28-26-24-22-20-18-16-9-2/h8-40H2,1-7H3. The van der Waals surface area contributed by atoms with E-state index in [1.807, 2.05) is 0 Å². The number of esters is 2. The van der Waals surface area contributed by atoms with Crippen LogP contribution in [0.2, 0.25) is 0 Å². The number of carbonyl (C=O) groups is 2. The van der Waals surface area contributed by atoms with Gasteiger partial charge in [0.05, 0.1) is 0 Å². The molecule has 0 aliphatic carbocycles. The number of unbranched alkanes of at least 4 members (excludes halogenated alkanes) is 20. The van der Waals surface area contributed by atoms with Crippen molar-refractivity contribution in [2.75, 3.05) is 46.0 Å². The molecule has 0 saturated heterocycles. The summed E-state index contributed by atoms with van der Waals surface area (Å²) in [6.07, 6.45) is 30.0. The van der Waals surface area contributed by atoms with Crippen LogP contribution in [0.3, 0.4) is 0 Å². The van der Waals surface area contributed by atoms with E-state index in [1.54, 1.807) is 0 Å². The summed E-state index contributed by atoms with van der Waals surface area (Å²) >= 11 is 3.49. The molecule has 0 radical (unpaired) electrons. The quantitative estimate of drug-likeness (QED) is 0.0265. The second-order valence-electron chi connectivity index (χ2n) is 15.2. The van der Waals surface area contributed by atoms with Crippen LogP contribution in [-0.4, -0.2) is 82.4 Å². The molecule has 0 amide bonds. The van der Waals surface area contributed by atoms with E-state index in [9.17, 15) is 9.59 Å². The van der Waals surface area contributed by atoms with Gasteiger partial charge in [-0.15, -0.1) is 0 Å². The fourth-order valence-electron chi connectivity index (χ4n) is 7.08. The zero-order valence-electron chi connectivity index (χ0n) is 35.6. The molecule has 0 spiro atoms. The fourth-order valence-corrected chi connectivity index (χ4v) is 12.9. The monoisotopic (exact) mass is 823 g/mol. The average molecular weight is 822 g/mol. The van der Waals surface area contributed by atoms with E-state index in [-0.39, 0.29) is 25.2 Å².